The average Bonchev–Trinajstić information content (AvgIpc) is 3.17. The molecular formula is C25H24N2O10. The number of ether oxygens (including phenoxy) is 3. The Morgan fingerprint density at radius 3 is 1.92 bits per heavy atom. The number of non-ortho nitro benzene ring substituents is 2. The topological polar surface area (TPSA) is 165 Å². The van der Waals surface area contributed by atoms with Crippen LogP contribution in [-0.4, -0.2) is 47.6 Å². The number of hydrogen-bond acceptors (Lipinski definition) is 10. The van der Waals surface area contributed by atoms with Crippen LogP contribution in [0.3, 0.4) is 0 Å². The van der Waals surface area contributed by atoms with Gasteiger partial charge in [-0.2, -0.15) is 0 Å². The largest absolute Gasteiger partial charge is 0.462 e. The third-order valence-electron chi connectivity index (χ3n) is 5.52. The van der Waals surface area contributed by atoms with Crippen molar-refractivity contribution in [3.05, 3.63) is 72.8 Å². The van der Waals surface area contributed by atoms with Crippen LogP contribution in [0.1, 0.15) is 55.1 Å². The normalized spacial score (nSPS) is 11.3. The molecule has 0 bridgehead atoms. The summed E-state index contributed by atoms with van der Waals surface area (Å²) in [7, 11) is 0. The molecule has 3 rings (SSSR count). The number of rotatable bonds is 10. The van der Waals surface area contributed by atoms with Gasteiger partial charge in [0.15, 0.2) is 5.57 Å². The summed E-state index contributed by atoms with van der Waals surface area (Å²) in [5.41, 5.74) is -1.42. The van der Waals surface area contributed by atoms with Gasteiger partial charge >= 0.3 is 17.9 Å². The monoisotopic (exact) mass is 512 g/mol. The van der Waals surface area contributed by atoms with E-state index in [2.05, 4.69) is 0 Å². The zero-order valence-electron chi connectivity index (χ0n) is 20.4. The molecule has 2 aromatic rings. The summed E-state index contributed by atoms with van der Waals surface area (Å²) in [5.74, 6) is -3.02. The van der Waals surface area contributed by atoms with Gasteiger partial charge in [-0.3, -0.25) is 20.2 Å². The maximum Gasteiger partial charge on any atom is 0.346 e. The van der Waals surface area contributed by atoms with Gasteiger partial charge in [0.05, 0.1) is 35.2 Å². The Bertz CT molecular complexity index is 1310. The number of hydrogen-bond donors (Lipinski definition) is 0. The van der Waals surface area contributed by atoms with Crippen LogP contribution in [0, 0.1) is 20.2 Å². The molecule has 1 aliphatic carbocycles. The van der Waals surface area contributed by atoms with Crippen LogP contribution in [-0.2, 0) is 23.8 Å². The van der Waals surface area contributed by atoms with E-state index in [-0.39, 0.29) is 58.9 Å². The molecule has 1 aliphatic rings. The number of esters is 3. The van der Waals surface area contributed by atoms with E-state index in [0.29, 0.717) is 6.42 Å². The minimum Gasteiger partial charge on any atom is -0.462 e. The van der Waals surface area contributed by atoms with Gasteiger partial charge in [0, 0.05) is 35.4 Å². The van der Waals surface area contributed by atoms with Gasteiger partial charge in [0.25, 0.3) is 11.4 Å². The molecule has 0 aromatic heterocycles. The number of carbonyl (C=O) groups excluding carboxylic acids is 3. The summed E-state index contributed by atoms with van der Waals surface area (Å²) in [4.78, 5) is 60.8. The lowest BCUT2D eigenvalue weighted by Gasteiger charge is -2.12. The number of benzene rings is 2. The molecule has 0 aliphatic heterocycles. The van der Waals surface area contributed by atoms with Crippen molar-refractivity contribution in [1.82, 2.24) is 0 Å². The van der Waals surface area contributed by atoms with Crippen molar-refractivity contribution in [3.8, 4) is 11.1 Å². The lowest BCUT2D eigenvalue weighted by atomic mass is 9.95. The SMILES string of the molecule is CCCCOC(=O)c1cc([N+](=O)[O-])cc2c1-c1ccc([N+](=O)[O-])cc1C2=C(C(=O)OCC)C(=O)OCC. The van der Waals surface area contributed by atoms with Crippen molar-refractivity contribution in [1.29, 1.82) is 0 Å². The van der Waals surface area contributed by atoms with Crippen molar-refractivity contribution in [2.75, 3.05) is 19.8 Å². The molecule has 0 spiro atoms. The minimum atomic E-state index is -1.08. The highest BCUT2D eigenvalue weighted by Crippen LogP contribution is 2.50. The van der Waals surface area contributed by atoms with Crippen LogP contribution in [0.5, 0.6) is 0 Å². The van der Waals surface area contributed by atoms with E-state index in [1.54, 1.807) is 0 Å². The maximum atomic E-state index is 13.0. The van der Waals surface area contributed by atoms with Crippen molar-refractivity contribution in [2.45, 2.75) is 33.6 Å². The van der Waals surface area contributed by atoms with Crippen molar-refractivity contribution in [3.63, 3.8) is 0 Å². The van der Waals surface area contributed by atoms with Crippen molar-refractivity contribution in [2.24, 2.45) is 0 Å². The zero-order chi connectivity index (χ0) is 27.3. The summed E-state index contributed by atoms with van der Waals surface area (Å²) in [6, 6.07) is 5.80. The Labute approximate surface area is 211 Å². The fourth-order valence-corrected chi connectivity index (χ4v) is 3.95. The summed E-state index contributed by atoms with van der Waals surface area (Å²) >= 11 is 0. The van der Waals surface area contributed by atoms with Gasteiger partial charge in [-0.05, 0) is 43.0 Å². The molecule has 0 heterocycles. The smallest absolute Gasteiger partial charge is 0.346 e. The van der Waals surface area contributed by atoms with Gasteiger partial charge in [0.1, 0.15) is 0 Å². The summed E-state index contributed by atoms with van der Waals surface area (Å²) in [6.07, 6.45) is 1.30. The van der Waals surface area contributed by atoms with Gasteiger partial charge in [0.2, 0.25) is 0 Å². The summed E-state index contributed by atoms with van der Waals surface area (Å²) in [5, 5.41) is 23.3. The molecule has 37 heavy (non-hydrogen) atoms. The molecule has 12 nitrogen and oxygen atoms in total. The quantitative estimate of drug-likeness (QED) is 0.0556. The van der Waals surface area contributed by atoms with E-state index < -0.39 is 39.0 Å². The predicted molar refractivity (Wildman–Crippen MR) is 130 cm³/mol. The molecule has 0 saturated heterocycles. The van der Waals surface area contributed by atoms with Crippen LogP contribution in [0.4, 0.5) is 11.4 Å². The Morgan fingerprint density at radius 2 is 1.38 bits per heavy atom. The fraction of sp³-hybridized carbons (Fsp3) is 0.320. The molecule has 0 amide bonds. The Morgan fingerprint density at radius 1 is 0.784 bits per heavy atom. The van der Waals surface area contributed by atoms with Crippen molar-refractivity contribution >= 4 is 34.9 Å². The van der Waals surface area contributed by atoms with E-state index in [1.807, 2.05) is 6.92 Å². The van der Waals surface area contributed by atoms with E-state index in [9.17, 15) is 34.6 Å². The highest BCUT2D eigenvalue weighted by molar-refractivity contribution is 6.25. The first-order chi connectivity index (χ1) is 17.7. The number of nitro groups is 2. The summed E-state index contributed by atoms with van der Waals surface area (Å²) < 4.78 is 15.4. The average molecular weight is 512 g/mol. The maximum absolute atomic E-state index is 13.0. The lowest BCUT2D eigenvalue weighted by molar-refractivity contribution is -0.385. The molecule has 0 atom stereocenters. The molecule has 194 valence electrons. The first-order valence-corrected chi connectivity index (χ1v) is 11.5. The van der Waals surface area contributed by atoms with E-state index in [1.165, 1.54) is 26.0 Å². The zero-order valence-corrected chi connectivity index (χ0v) is 20.4. The van der Waals surface area contributed by atoms with Crippen LogP contribution in [0.25, 0.3) is 16.7 Å². The number of nitrogens with zero attached hydrogens (tertiary/aromatic N) is 2. The highest BCUT2D eigenvalue weighted by Gasteiger charge is 2.38. The second-order valence-electron chi connectivity index (χ2n) is 7.84. The molecule has 0 fully saturated rings. The minimum absolute atomic E-state index is 0.0248. The van der Waals surface area contributed by atoms with Crippen LogP contribution >= 0.6 is 0 Å². The number of nitro benzene ring substituents is 2. The van der Waals surface area contributed by atoms with Crippen LogP contribution in [0.15, 0.2) is 35.9 Å². The third-order valence-corrected chi connectivity index (χ3v) is 5.52. The molecule has 0 saturated carbocycles. The molecule has 2 aromatic carbocycles. The van der Waals surface area contributed by atoms with Gasteiger partial charge in [-0.15, -0.1) is 0 Å². The Balaban J connectivity index is 2.46. The third kappa shape index (κ3) is 5.32. The number of unbranched alkanes of at least 4 members (excludes halogenated alkanes) is 1. The standard InChI is InChI=1S/C25H24N2O10/c1-4-7-10-37-23(28)19-13-15(27(33)34)12-18-20(19)16-9-8-14(26(31)32)11-17(16)21(18)22(24(29)35-5-2)25(30)36-6-3/h8-9,11-13H,4-7,10H2,1-3H3. The van der Waals surface area contributed by atoms with E-state index >= 15 is 0 Å². The molecule has 12 heteroatoms. The van der Waals surface area contributed by atoms with Gasteiger partial charge in [-0.25, -0.2) is 14.4 Å². The predicted octanol–water partition coefficient (Wildman–Crippen LogP) is 4.37. The van der Waals surface area contributed by atoms with Crippen LogP contribution < -0.4 is 0 Å². The summed E-state index contributed by atoms with van der Waals surface area (Å²) in [6.45, 7) is 4.79. The molecule has 0 radical (unpaired) electrons. The molecule has 0 N–H and O–H groups in total. The van der Waals surface area contributed by atoms with Gasteiger partial charge in [-0.1, -0.05) is 13.3 Å². The number of fused-ring (bicyclic) bond motifs is 3. The fourth-order valence-electron chi connectivity index (χ4n) is 3.95. The van der Waals surface area contributed by atoms with Crippen molar-refractivity contribution < 1.29 is 38.4 Å². The lowest BCUT2D eigenvalue weighted by Crippen LogP contribution is -2.20. The molecule has 0 unspecified atom stereocenters. The second-order valence-corrected chi connectivity index (χ2v) is 7.84. The second kappa shape index (κ2) is 11.4. The highest BCUT2D eigenvalue weighted by atomic mass is 16.6. The number of carbonyl (C=O) groups is 3. The Kier molecular flexibility index (Phi) is 8.33. The molecular weight excluding hydrogens is 488 g/mol. The first kappa shape index (κ1) is 27.0. The van der Waals surface area contributed by atoms with E-state index in [0.717, 1.165) is 24.6 Å². The van der Waals surface area contributed by atoms with E-state index in [4.69, 9.17) is 14.2 Å². The Hall–Kier alpha value is -4.61. The first-order valence-electron chi connectivity index (χ1n) is 11.5. The van der Waals surface area contributed by atoms with Gasteiger partial charge < -0.3 is 14.2 Å². The van der Waals surface area contributed by atoms with Crippen LogP contribution in [0.2, 0.25) is 0 Å².